The van der Waals surface area contributed by atoms with E-state index in [0.717, 1.165) is 44.2 Å². The second-order valence-corrected chi connectivity index (χ2v) is 5.12. The number of carbonyl (C=O) groups excluding carboxylic acids is 1. The number of halogens is 2. The Kier molecular flexibility index (Phi) is 5.04. The number of benzene rings is 1. The van der Waals surface area contributed by atoms with Gasteiger partial charge in [-0.1, -0.05) is 31.4 Å². The SMILES string of the molecule is N#CC(=Cc1cccc(F)c1F)C(=O)NC1CCCCC1. The lowest BCUT2D eigenvalue weighted by molar-refractivity contribution is -0.117. The molecule has 0 saturated heterocycles. The third-order valence-electron chi connectivity index (χ3n) is 3.59. The minimum absolute atomic E-state index is 0.0559. The minimum Gasteiger partial charge on any atom is -0.349 e. The standard InChI is InChI=1S/C16H16F2N2O/c17-14-8-4-5-11(15(14)18)9-12(10-19)16(21)20-13-6-2-1-3-7-13/h4-5,8-9,13H,1-3,6-7H2,(H,20,21). The first-order valence-corrected chi connectivity index (χ1v) is 6.98. The smallest absolute Gasteiger partial charge is 0.262 e. The fourth-order valence-corrected chi connectivity index (χ4v) is 2.45. The van der Waals surface area contributed by atoms with Gasteiger partial charge in [0.2, 0.25) is 0 Å². The van der Waals surface area contributed by atoms with Crippen molar-refractivity contribution in [1.29, 1.82) is 5.26 Å². The molecule has 0 aromatic heterocycles. The Morgan fingerprint density at radius 3 is 2.67 bits per heavy atom. The molecule has 0 spiro atoms. The number of rotatable bonds is 3. The van der Waals surface area contributed by atoms with Gasteiger partial charge in [0.1, 0.15) is 11.6 Å². The summed E-state index contributed by atoms with van der Waals surface area (Å²) in [4.78, 5) is 12.0. The van der Waals surface area contributed by atoms with Crippen LogP contribution in [0.3, 0.4) is 0 Å². The van der Waals surface area contributed by atoms with Gasteiger partial charge in [0.05, 0.1) is 0 Å². The van der Waals surface area contributed by atoms with E-state index in [-0.39, 0.29) is 17.2 Å². The van der Waals surface area contributed by atoms with Gasteiger partial charge in [-0.25, -0.2) is 8.78 Å². The molecule has 1 aromatic rings. The fourth-order valence-electron chi connectivity index (χ4n) is 2.45. The summed E-state index contributed by atoms with van der Waals surface area (Å²) in [6.07, 6.45) is 6.11. The van der Waals surface area contributed by atoms with E-state index in [1.54, 1.807) is 6.07 Å². The first-order chi connectivity index (χ1) is 10.1. The first kappa shape index (κ1) is 15.2. The predicted molar refractivity (Wildman–Crippen MR) is 75.0 cm³/mol. The molecule has 0 unspecified atom stereocenters. The van der Waals surface area contributed by atoms with E-state index in [0.29, 0.717) is 0 Å². The van der Waals surface area contributed by atoms with Crippen LogP contribution in [0.2, 0.25) is 0 Å². The number of hydrogen-bond donors (Lipinski definition) is 1. The van der Waals surface area contributed by atoms with Crippen LogP contribution in [0.25, 0.3) is 6.08 Å². The molecule has 0 atom stereocenters. The summed E-state index contributed by atoms with van der Waals surface area (Å²) in [5.74, 6) is -2.60. The maximum atomic E-state index is 13.6. The molecule has 1 aromatic carbocycles. The molecule has 0 aliphatic heterocycles. The zero-order valence-electron chi connectivity index (χ0n) is 11.5. The molecule has 1 N–H and O–H groups in total. The highest BCUT2D eigenvalue weighted by molar-refractivity contribution is 6.01. The molecule has 1 aliphatic rings. The van der Waals surface area contributed by atoms with Crippen LogP contribution in [0.5, 0.6) is 0 Å². The van der Waals surface area contributed by atoms with Crippen molar-refractivity contribution in [2.45, 2.75) is 38.1 Å². The normalized spacial score (nSPS) is 16.3. The van der Waals surface area contributed by atoms with Gasteiger partial charge < -0.3 is 5.32 Å². The van der Waals surface area contributed by atoms with Crippen molar-refractivity contribution >= 4 is 12.0 Å². The number of amides is 1. The van der Waals surface area contributed by atoms with Crippen LogP contribution in [0.1, 0.15) is 37.7 Å². The van der Waals surface area contributed by atoms with Gasteiger partial charge in [0.25, 0.3) is 5.91 Å². The zero-order valence-corrected chi connectivity index (χ0v) is 11.5. The summed E-state index contributed by atoms with van der Waals surface area (Å²) in [5, 5.41) is 11.8. The molecule has 110 valence electrons. The molecule has 21 heavy (non-hydrogen) atoms. The van der Waals surface area contributed by atoms with Crippen LogP contribution in [0, 0.1) is 23.0 Å². The van der Waals surface area contributed by atoms with Gasteiger partial charge in [0.15, 0.2) is 11.6 Å². The molecular formula is C16H16F2N2O. The van der Waals surface area contributed by atoms with Gasteiger partial charge in [-0.2, -0.15) is 5.26 Å². The van der Waals surface area contributed by atoms with E-state index >= 15 is 0 Å². The summed E-state index contributed by atoms with van der Waals surface area (Å²) in [6.45, 7) is 0. The van der Waals surface area contributed by atoms with Crippen LogP contribution in [-0.4, -0.2) is 11.9 Å². The Bertz CT molecular complexity index is 599. The van der Waals surface area contributed by atoms with Gasteiger partial charge in [-0.05, 0) is 25.0 Å². The lowest BCUT2D eigenvalue weighted by Gasteiger charge is -2.22. The highest BCUT2D eigenvalue weighted by Gasteiger charge is 2.18. The van der Waals surface area contributed by atoms with Crippen molar-refractivity contribution in [1.82, 2.24) is 5.32 Å². The van der Waals surface area contributed by atoms with Crippen LogP contribution in [0.15, 0.2) is 23.8 Å². The number of nitriles is 1. The third-order valence-corrected chi connectivity index (χ3v) is 3.59. The van der Waals surface area contributed by atoms with Gasteiger partial charge in [-0.15, -0.1) is 0 Å². The van der Waals surface area contributed by atoms with Crippen molar-refractivity contribution in [2.75, 3.05) is 0 Å². The molecule has 0 bridgehead atoms. The van der Waals surface area contributed by atoms with E-state index < -0.39 is 17.5 Å². The van der Waals surface area contributed by atoms with Crippen molar-refractivity contribution in [3.63, 3.8) is 0 Å². The molecule has 3 nitrogen and oxygen atoms in total. The van der Waals surface area contributed by atoms with Crippen LogP contribution < -0.4 is 5.32 Å². The highest BCUT2D eigenvalue weighted by atomic mass is 19.2. The second kappa shape index (κ2) is 6.98. The number of hydrogen-bond acceptors (Lipinski definition) is 2. The molecule has 5 heteroatoms. The van der Waals surface area contributed by atoms with Crippen molar-refractivity contribution in [3.05, 3.63) is 41.0 Å². The van der Waals surface area contributed by atoms with E-state index in [2.05, 4.69) is 5.32 Å². The molecule has 1 aliphatic carbocycles. The molecule has 0 radical (unpaired) electrons. The van der Waals surface area contributed by atoms with Gasteiger partial charge in [0, 0.05) is 11.6 Å². The molecule has 1 amide bonds. The van der Waals surface area contributed by atoms with Gasteiger partial charge in [-0.3, -0.25) is 4.79 Å². The summed E-state index contributed by atoms with van der Waals surface area (Å²) < 4.78 is 26.7. The maximum Gasteiger partial charge on any atom is 0.262 e. The first-order valence-electron chi connectivity index (χ1n) is 6.98. The van der Waals surface area contributed by atoms with Crippen LogP contribution in [0.4, 0.5) is 8.78 Å². The minimum atomic E-state index is -1.06. The number of carbonyl (C=O) groups is 1. The van der Waals surface area contributed by atoms with Gasteiger partial charge >= 0.3 is 0 Å². The van der Waals surface area contributed by atoms with Crippen molar-refractivity contribution in [2.24, 2.45) is 0 Å². The van der Waals surface area contributed by atoms with E-state index in [4.69, 9.17) is 5.26 Å². The average molecular weight is 290 g/mol. The van der Waals surface area contributed by atoms with Crippen molar-refractivity contribution < 1.29 is 13.6 Å². The lowest BCUT2D eigenvalue weighted by Crippen LogP contribution is -2.36. The fraction of sp³-hybridized carbons (Fsp3) is 0.375. The Hall–Kier alpha value is -2.22. The second-order valence-electron chi connectivity index (χ2n) is 5.12. The zero-order chi connectivity index (χ0) is 15.2. The number of nitrogens with zero attached hydrogens (tertiary/aromatic N) is 1. The third kappa shape index (κ3) is 3.88. The Morgan fingerprint density at radius 2 is 2.00 bits per heavy atom. The highest BCUT2D eigenvalue weighted by Crippen LogP contribution is 2.19. The quantitative estimate of drug-likeness (QED) is 0.686. The summed E-state index contributed by atoms with van der Waals surface area (Å²) in [6, 6.07) is 5.44. The maximum absolute atomic E-state index is 13.6. The molecule has 1 fully saturated rings. The summed E-state index contributed by atoms with van der Waals surface area (Å²) in [7, 11) is 0. The number of nitrogens with one attached hydrogen (secondary N) is 1. The van der Waals surface area contributed by atoms with Crippen molar-refractivity contribution in [3.8, 4) is 6.07 Å². The topological polar surface area (TPSA) is 52.9 Å². The largest absolute Gasteiger partial charge is 0.349 e. The Balaban J connectivity index is 2.14. The molecule has 2 rings (SSSR count). The summed E-state index contributed by atoms with van der Waals surface area (Å²) in [5.41, 5.74) is -0.324. The average Bonchev–Trinajstić information content (AvgIpc) is 2.49. The van der Waals surface area contributed by atoms with E-state index in [9.17, 15) is 13.6 Å². The van der Waals surface area contributed by atoms with E-state index in [1.165, 1.54) is 12.1 Å². The van der Waals surface area contributed by atoms with Crippen LogP contribution in [-0.2, 0) is 4.79 Å². The Labute approximate surface area is 122 Å². The molecule has 1 saturated carbocycles. The Morgan fingerprint density at radius 1 is 1.29 bits per heavy atom. The van der Waals surface area contributed by atoms with Crippen LogP contribution >= 0.6 is 0 Å². The monoisotopic (exact) mass is 290 g/mol. The predicted octanol–water partition coefficient (Wildman–Crippen LogP) is 3.32. The van der Waals surface area contributed by atoms with E-state index in [1.807, 2.05) is 0 Å². The lowest BCUT2D eigenvalue weighted by atomic mass is 9.95. The summed E-state index contributed by atoms with van der Waals surface area (Å²) >= 11 is 0. The molecular weight excluding hydrogens is 274 g/mol. The molecule has 0 heterocycles.